The number of amides is 2. The summed E-state index contributed by atoms with van der Waals surface area (Å²) in [6.45, 7) is 2.11. The zero-order valence-corrected chi connectivity index (χ0v) is 16.7. The molecule has 0 aliphatic rings. The number of nitrogens with one attached hydrogen (secondary N) is 2. The molecule has 0 radical (unpaired) electrons. The Morgan fingerprint density at radius 1 is 1.23 bits per heavy atom. The number of hydrogen-bond acceptors (Lipinski definition) is 7. The molecule has 0 aliphatic heterocycles. The molecule has 13 nitrogen and oxygen atoms in total. The Balaban J connectivity index is 1.60. The summed E-state index contributed by atoms with van der Waals surface area (Å²) in [6.07, 6.45) is 4.84. The van der Waals surface area contributed by atoms with Gasteiger partial charge in [-0.2, -0.15) is 14.9 Å². The van der Waals surface area contributed by atoms with Crippen LogP contribution in [0.3, 0.4) is 0 Å². The number of rotatable bonds is 8. The standard InChI is InChI=1S/C17H21N9O4/c1-11-6-14(26(29)30)22-25(11)5-4-15(27)21-13-9-20-24(3)16(13)17(28)18-7-12-8-19-23(2)10-12/h6,8-10H,4-5,7H2,1-3H3,(H,18,28)(H,21,27). The third kappa shape index (κ3) is 4.68. The lowest BCUT2D eigenvalue weighted by atomic mass is 10.3. The molecule has 0 unspecified atom stereocenters. The molecule has 13 heteroatoms. The van der Waals surface area contributed by atoms with Gasteiger partial charge in [0, 0.05) is 38.8 Å². The van der Waals surface area contributed by atoms with Crippen LogP contribution in [0.4, 0.5) is 11.5 Å². The van der Waals surface area contributed by atoms with Crippen molar-refractivity contribution >= 4 is 23.3 Å². The third-order valence-electron chi connectivity index (χ3n) is 4.35. The molecule has 0 atom stereocenters. The first-order valence-corrected chi connectivity index (χ1v) is 9.01. The van der Waals surface area contributed by atoms with Crippen LogP contribution in [0.5, 0.6) is 0 Å². The fraction of sp³-hybridized carbons (Fsp3) is 0.353. The molecule has 0 bridgehead atoms. The van der Waals surface area contributed by atoms with Crippen LogP contribution in [0.25, 0.3) is 0 Å². The van der Waals surface area contributed by atoms with Gasteiger partial charge in [-0.3, -0.25) is 19.0 Å². The number of aryl methyl sites for hydroxylation is 4. The molecule has 0 aliphatic carbocycles. The van der Waals surface area contributed by atoms with Gasteiger partial charge in [0.1, 0.15) is 5.69 Å². The summed E-state index contributed by atoms with van der Waals surface area (Å²) < 4.78 is 4.39. The predicted octanol–water partition coefficient (Wildman–Crippen LogP) is 0.526. The molecule has 3 aromatic heterocycles. The fourth-order valence-corrected chi connectivity index (χ4v) is 2.86. The molecular formula is C17H21N9O4. The highest BCUT2D eigenvalue weighted by Crippen LogP contribution is 2.16. The van der Waals surface area contributed by atoms with Crippen molar-refractivity contribution in [1.29, 1.82) is 0 Å². The predicted molar refractivity (Wildman–Crippen MR) is 104 cm³/mol. The largest absolute Gasteiger partial charge is 0.390 e. The van der Waals surface area contributed by atoms with E-state index in [-0.39, 0.29) is 42.6 Å². The Labute approximate surface area is 170 Å². The van der Waals surface area contributed by atoms with Crippen molar-refractivity contribution < 1.29 is 14.5 Å². The maximum Gasteiger partial charge on any atom is 0.390 e. The zero-order valence-electron chi connectivity index (χ0n) is 16.7. The van der Waals surface area contributed by atoms with Gasteiger partial charge in [0.15, 0.2) is 0 Å². The highest BCUT2D eigenvalue weighted by atomic mass is 16.6. The summed E-state index contributed by atoms with van der Waals surface area (Å²) in [4.78, 5) is 35.1. The molecule has 0 fully saturated rings. The van der Waals surface area contributed by atoms with Gasteiger partial charge >= 0.3 is 5.82 Å². The fourth-order valence-electron chi connectivity index (χ4n) is 2.86. The van der Waals surface area contributed by atoms with E-state index in [0.29, 0.717) is 5.69 Å². The topological polar surface area (TPSA) is 155 Å². The average molecular weight is 415 g/mol. The van der Waals surface area contributed by atoms with E-state index in [2.05, 4.69) is 25.9 Å². The van der Waals surface area contributed by atoms with Gasteiger partial charge in [-0.05, 0) is 11.8 Å². The minimum atomic E-state index is -0.588. The lowest BCUT2D eigenvalue weighted by Gasteiger charge is -2.08. The van der Waals surface area contributed by atoms with E-state index in [0.717, 1.165) is 5.56 Å². The molecule has 0 saturated heterocycles. The molecule has 3 rings (SSSR count). The van der Waals surface area contributed by atoms with Crippen molar-refractivity contribution in [3.8, 4) is 0 Å². The van der Waals surface area contributed by atoms with Crippen LogP contribution in [0, 0.1) is 17.0 Å². The third-order valence-corrected chi connectivity index (χ3v) is 4.35. The maximum atomic E-state index is 12.6. The van der Waals surface area contributed by atoms with E-state index in [4.69, 9.17) is 0 Å². The van der Waals surface area contributed by atoms with Crippen molar-refractivity contribution in [2.24, 2.45) is 14.1 Å². The SMILES string of the molecule is Cc1cc([N+](=O)[O-])nn1CCC(=O)Nc1cnn(C)c1C(=O)NCc1cnn(C)c1. The molecule has 158 valence electrons. The van der Waals surface area contributed by atoms with E-state index in [1.165, 1.54) is 21.6 Å². The van der Waals surface area contributed by atoms with Gasteiger partial charge < -0.3 is 20.7 Å². The molecule has 3 aromatic rings. The van der Waals surface area contributed by atoms with E-state index in [9.17, 15) is 19.7 Å². The number of nitro groups is 1. The van der Waals surface area contributed by atoms with Crippen LogP contribution in [0.1, 0.15) is 28.2 Å². The molecule has 3 heterocycles. The van der Waals surface area contributed by atoms with E-state index >= 15 is 0 Å². The highest BCUT2D eigenvalue weighted by molar-refractivity contribution is 6.02. The molecule has 0 spiro atoms. The van der Waals surface area contributed by atoms with Gasteiger partial charge in [0.05, 0.1) is 41.5 Å². The average Bonchev–Trinajstić information content (AvgIpc) is 3.37. The summed E-state index contributed by atoms with van der Waals surface area (Å²) in [6, 6.07) is 1.34. The summed E-state index contributed by atoms with van der Waals surface area (Å²) >= 11 is 0. The summed E-state index contributed by atoms with van der Waals surface area (Å²) in [5.74, 6) is -1.04. The lowest BCUT2D eigenvalue weighted by Crippen LogP contribution is -2.27. The van der Waals surface area contributed by atoms with Gasteiger partial charge in [-0.25, -0.2) is 0 Å². The van der Waals surface area contributed by atoms with Gasteiger partial charge in [0.25, 0.3) is 5.91 Å². The van der Waals surface area contributed by atoms with Crippen molar-refractivity contribution in [3.05, 3.63) is 51.7 Å². The van der Waals surface area contributed by atoms with Crippen molar-refractivity contribution in [2.45, 2.75) is 26.4 Å². The molecule has 0 saturated carbocycles. The number of hydrogen-bond donors (Lipinski definition) is 2. The maximum absolute atomic E-state index is 12.6. The normalized spacial score (nSPS) is 10.8. The second-order valence-corrected chi connectivity index (χ2v) is 6.66. The molecule has 2 N–H and O–H groups in total. The molecule has 2 amide bonds. The molecule has 30 heavy (non-hydrogen) atoms. The van der Waals surface area contributed by atoms with Gasteiger partial charge in [-0.15, -0.1) is 0 Å². The zero-order chi connectivity index (χ0) is 21.8. The summed E-state index contributed by atoms with van der Waals surface area (Å²) in [7, 11) is 3.38. The number of aromatic nitrogens is 6. The van der Waals surface area contributed by atoms with Crippen molar-refractivity contribution in [3.63, 3.8) is 0 Å². The number of anilines is 1. The second kappa shape index (κ2) is 8.55. The van der Waals surface area contributed by atoms with Crippen LogP contribution in [0.15, 0.2) is 24.7 Å². The number of carbonyl (C=O) groups is 2. The van der Waals surface area contributed by atoms with Crippen LogP contribution in [0.2, 0.25) is 0 Å². The second-order valence-electron chi connectivity index (χ2n) is 6.66. The molecular weight excluding hydrogens is 394 g/mol. The minimum absolute atomic E-state index is 0.0192. The van der Waals surface area contributed by atoms with Crippen LogP contribution in [-0.4, -0.2) is 46.1 Å². The van der Waals surface area contributed by atoms with Crippen molar-refractivity contribution in [2.75, 3.05) is 5.32 Å². The van der Waals surface area contributed by atoms with Crippen LogP contribution >= 0.6 is 0 Å². The highest BCUT2D eigenvalue weighted by Gasteiger charge is 2.20. The Morgan fingerprint density at radius 2 is 2.00 bits per heavy atom. The van der Waals surface area contributed by atoms with Crippen LogP contribution < -0.4 is 10.6 Å². The Kier molecular flexibility index (Phi) is 5.90. The monoisotopic (exact) mass is 415 g/mol. The smallest absolute Gasteiger partial charge is 0.358 e. The Bertz CT molecular complexity index is 1090. The Morgan fingerprint density at radius 3 is 2.63 bits per heavy atom. The number of carbonyl (C=O) groups excluding carboxylic acids is 2. The van der Waals surface area contributed by atoms with Gasteiger partial charge in [-0.1, -0.05) is 0 Å². The first-order valence-electron chi connectivity index (χ1n) is 9.01. The summed E-state index contributed by atoms with van der Waals surface area (Å²) in [5, 5.41) is 28.1. The van der Waals surface area contributed by atoms with Gasteiger partial charge in [0.2, 0.25) is 5.91 Å². The lowest BCUT2D eigenvalue weighted by molar-refractivity contribution is -0.389. The first-order chi connectivity index (χ1) is 14.2. The minimum Gasteiger partial charge on any atom is -0.358 e. The first kappa shape index (κ1) is 20.7. The number of nitrogens with zero attached hydrogens (tertiary/aromatic N) is 7. The van der Waals surface area contributed by atoms with Crippen molar-refractivity contribution in [1.82, 2.24) is 34.7 Å². The molecule has 0 aromatic carbocycles. The van der Waals surface area contributed by atoms with Crippen LogP contribution in [-0.2, 0) is 32.0 Å². The van der Waals surface area contributed by atoms with E-state index in [1.54, 1.807) is 38.1 Å². The van der Waals surface area contributed by atoms with E-state index < -0.39 is 10.8 Å². The van der Waals surface area contributed by atoms with E-state index in [1.807, 2.05) is 0 Å². The Hall–Kier alpha value is -4.03. The summed E-state index contributed by atoms with van der Waals surface area (Å²) in [5.41, 5.74) is 1.89. The quantitative estimate of drug-likeness (QED) is 0.401.